The van der Waals surface area contributed by atoms with Gasteiger partial charge in [-0.2, -0.15) is 0 Å². The van der Waals surface area contributed by atoms with Crippen LogP contribution < -0.4 is 5.32 Å². The summed E-state index contributed by atoms with van der Waals surface area (Å²) in [5.74, 6) is 1.23. The summed E-state index contributed by atoms with van der Waals surface area (Å²) in [6, 6.07) is 15.9. The van der Waals surface area contributed by atoms with Crippen LogP contribution in [0.2, 0.25) is 0 Å². The van der Waals surface area contributed by atoms with Crippen LogP contribution in [0.1, 0.15) is 37.6 Å². The average molecular weight is 321 g/mol. The molecule has 4 nitrogen and oxygen atoms in total. The zero-order chi connectivity index (χ0) is 17.1. The van der Waals surface area contributed by atoms with Gasteiger partial charge in [-0.3, -0.25) is 4.79 Å². The first-order chi connectivity index (χ1) is 11.6. The number of benzene rings is 2. The molecule has 0 aliphatic heterocycles. The Kier molecular flexibility index (Phi) is 4.65. The summed E-state index contributed by atoms with van der Waals surface area (Å²) in [5, 5.41) is 3.07. The molecule has 4 heteroatoms. The molecule has 0 spiro atoms. The number of para-hydroxylation sites is 3. The lowest BCUT2D eigenvalue weighted by Gasteiger charge is -2.16. The molecule has 0 aliphatic rings. The number of aromatic nitrogens is 2. The number of rotatable bonds is 5. The van der Waals surface area contributed by atoms with Crippen LogP contribution in [-0.4, -0.2) is 15.5 Å². The predicted molar refractivity (Wildman–Crippen MR) is 98.2 cm³/mol. The monoisotopic (exact) mass is 321 g/mol. The van der Waals surface area contributed by atoms with Crippen LogP contribution in [0.25, 0.3) is 11.0 Å². The van der Waals surface area contributed by atoms with Crippen molar-refractivity contribution in [1.29, 1.82) is 0 Å². The van der Waals surface area contributed by atoms with E-state index in [4.69, 9.17) is 0 Å². The summed E-state index contributed by atoms with van der Waals surface area (Å²) in [5.41, 5.74) is 3.99. The van der Waals surface area contributed by atoms with Crippen LogP contribution in [0.5, 0.6) is 0 Å². The highest BCUT2D eigenvalue weighted by Crippen LogP contribution is 2.26. The van der Waals surface area contributed by atoms with E-state index in [-0.39, 0.29) is 12.5 Å². The van der Waals surface area contributed by atoms with Gasteiger partial charge >= 0.3 is 0 Å². The fourth-order valence-corrected chi connectivity index (χ4v) is 2.99. The molecule has 2 aromatic carbocycles. The summed E-state index contributed by atoms with van der Waals surface area (Å²) in [6.45, 7) is 6.53. The van der Waals surface area contributed by atoms with Gasteiger partial charge in [0, 0.05) is 5.69 Å². The smallest absolute Gasteiger partial charge is 0.244 e. The average Bonchev–Trinajstić information content (AvgIpc) is 2.90. The van der Waals surface area contributed by atoms with Crippen LogP contribution in [0, 0.1) is 6.92 Å². The number of anilines is 1. The van der Waals surface area contributed by atoms with E-state index in [0.717, 1.165) is 29.0 Å². The van der Waals surface area contributed by atoms with Gasteiger partial charge in [0.1, 0.15) is 12.4 Å². The van der Waals surface area contributed by atoms with Crippen molar-refractivity contribution in [2.45, 2.75) is 39.7 Å². The van der Waals surface area contributed by atoms with Gasteiger partial charge in [-0.25, -0.2) is 4.98 Å². The Hall–Kier alpha value is -2.62. The van der Waals surface area contributed by atoms with Crippen molar-refractivity contribution in [3.8, 4) is 0 Å². The van der Waals surface area contributed by atoms with E-state index < -0.39 is 0 Å². The van der Waals surface area contributed by atoms with Gasteiger partial charge in [-0.1, -0.05) is 44.2 Å². The molecule has 1 N–H and O–H groups in total. The minimum Gasteiger partial charge on any atom is -0.324 e. The minimum atomic E-state index is -0.0305. The van der Waals surface area contributed by atoms with Crippen molar-refractivity contribution in [1.82, 2.24) is 9.55 Å². The third-order valence-corrected chi connectivity index (χ3v) is 4.53. The van der Waals surface area contributed by atoms with Crippen molar-refractivity contribution >= 4 is 22.6 Å². The Morgan fingerprint density at radius 2 is 1.88 bits per heavy atom. The number of imidazole rings is 1. The molecule has 1 heterocycles. The van der Waals surface area contributed by atoms with E-state index in [0.29, 0.717) is 5.92 Å². The van der Waals surface area contributed by atoms with Gasteiger partial charge in [0.25, 0.3) is 0 Å². The lowest BCUT2D eigenvalue weighted by atomic mass is 9.97. The normalized spacial score (nSPS) is 12.3. The Labute approximate surface area is 142 Å². The molecule has 0 saturated carbocycles. The largest absolute Gasteiger partial charge is 0.324 e. The van der Waals surface area contributed by atoms with Gasteiger partial charge < -0.3 is 9.88 Å². The lowest BCUT2D eigenvalue weighted by Crippen LogP contribution is -2.20. The molecule has 124 valence electrons. The molecule has 24 heavy (non-hydrogen) atoms. The van der Waals surface area contributed by atoms with Crippen LogP contribution in [-0.2, 0) is 11.3 Å². The summed E-state index contributed by atoms with van der Waals surface area (Å²) in [7, 11) is 0. The summed E-state index contributed by atoms with van der Waals surface area (Å²) >= 11 is 0. The number of aryl methyl sites for hydroxylation is 1. The van der Waals surface area contributed by atoms with E-state index in [1.165, 1.54) is 5.56 Å². The van der Waals surface area contributed by atoms with Crippen LogP contribution in [0.3, 0.4) is 0 Å². The predicted octanol–water partition coefficient (Wildman–Crippen LogP) is 4.50. The maximum atomic E-state index is 12.6. The Morgan fingerprint density at radius 3 is 2.67 bits per heavy atom. The number of nitrogens with zero attached hydrogens (tertiary/aromatic N) is 2. The second-order valence-electron chi connectivity index (χ2n) is 6.18. The van der Waals surface area contributed by atoms with Crippen molar-refractivity contribution < 1.29 is 4.79 Å². The number of amides is 1. The van der Waals surface area contributed by atoms with Gasteiger partial charge in [0.2, 0.25) is 5.91 Å². The van der Waals surface area contributed by atoms with E-state index in [2.05, 4.69) is 30.2 Å². The quantitative estimate of drug-likeness (QED) is 0.752. The zero-order valence-electron chi connectivity index (χ0n) is 14.4. The highest BCUT2D eigenvalue weighted by atomic mass is 16.1. The Balaban J connectivity index is 1.82. The van der Waals surface area contributed by atoms with Crippen LogP contribution in [0.15, 0.2) is 48.5 Å². The zero-order valence-corrected chi connectivity index (χ0v) is 14.4. The molecule has 0 fully saturated rings. The molecule has 1 amide bonds. The first-order valence-corrected chi connectivity index (χ1v) is 8.40. The fourth-order valence-electron chi connectivity index (χ4n) is 2.99. The summed E-state index contributed by atoms with van der Waals surface area (Å²) in [4.78, 5) is 17.1. The molecule has 1 unspecified atom stereocenters. The number of fused-ring (bicyclic) bond motifs is 1. The van der Waals surface area contributed by atoms with Crippen molar-refractivity contribution in [3.63, 3.8) is 0 Å². The third kappa shape index (κ3) is 3.18. The SMILES string of the molecule is CCC(C)c1ccccc1NC(=O)Cn1c(C)nc2ccccc21. The van der Waals surface area contributed by atoms with Gasteiger partial charge in [0.15, 0.2) is 0 Å². The summed E-state index contributed by atoms with van der Waals surface area (Å²) < 4.78 is 1.95. The molecule has 1 aromatic heterocycles. The number of hydrogen-bond acceptors (Lipinski definition) is 2. The maximum Gasteiger partial charge on any atom is 0.244 e. The lowest BCUT2D eigenvalue weighted by molar-refractivity contribution is -0.116. The highest BCUT2D eigenvalue weighted by Gasteiger charge is 2.14. The van der Waals surface area contributed by atoms with Crippen LogP contribution in [0.4, 0.5) is 5.69 Å². The Bertz CT molecular complexity index is 866. The number of hydrogen-bond donors (Lipinski definition) is 1. The fraction of sp³-hybridized carbons (Fsp3) is 0.300. The Morgan fingerprint density at radius 1 is 1.17 bits per heavy atom. The molecular formula is C20H23N3O. The maximum absolute atomic E-state index is 12.6. The molecular weight excluding hydrogens is 298 g/mol. The first kappa shape index (κ1) is 16.2. The van der Waals surface area contributed by atoms with Gasteiger partial charge in [-0.05, 0) is 43.0 Å². The van der Waals surface area contributed by atoms with Crippen molar-refractivity contribution in [2.24, 2.45) is 0 Å². The number of nitrogens with one attached hydrogen (secondary N) is 1. The molecule has 0 radical (unpaired) electrons. The third-order valence-electron chi connectivity index (χ3n) is 4.53. The van der Waals surface area contributed by atoms with E-state index in [9.17, 15) is 4.79 Å². The van der Waals surface area contributed by atoms with Crippen molar-refractivity contribution in [3.05, 3.63) is 59.9 Å². The minimum absolute atomic E-state index is 0.0305. The highest BCUT2D eigenvalue weighted by molar-refractivity contribution is 5.92. The molecule has 0 bridgehead atoms. The van der Waals surface area contributed by atoms with E-state index in [1.54, 1.807) is 0 Å². The summed E-state index contributed by atoms with van der Waals surface area (Å²) in [6.07, 6.45) is 1.04. The standard InChI is InChI=1S/C20H23N3O/c1-4-14(2)16-9-5-6-10-17(16)22-20(24)13-23-15(3)21-18-11-7-8-12-19(18)23/h5-12,14H,4,13H2,1-3H3,(H,22,24). The number of carbonyl (C=O) groups is 1. The molecule has 0 saturated heterocycles. The second-order valence-corrected chi connectivity index (χ2v) is 6.18. The van der Waals surface area contributed by atoms with Gasteiger partial charge in [-0.15, -0.1) is 0 Å². The first-order valence-electron chi connectivity index (χ1n) is 8.40. The van der Waals surface area contributed by atoms with Crippen LogP contribution >= 0.6 is 0 Å². The topological polar surface area (TPSA) is 46.9 Å². The molecule has 1 atom stereocenters. The molecule has 3 aromatic rings. The second kappa shape index (κ2) is 6.87. The van der Waals surface area contributed by atoms with E-state index >= 15 is 0 Å². The molecule has 3 rings (SSSR count). The van der Waals surface area contributed by atoms with Crippen molar-refractivity contribution in [2.75, 3.05) is 5.32 Å². The number of carbonyl (C=O) groups excluding carboxylic acids is 1. The molecule has 0 aliphatic carbocycles. The van der Waals surface area contributed by atoms with E-state index in [1.807, 2.05) is 54.0 Å². The van der Waals surface area contributed by atoms with Gasteiger partial charge in [0.05, 0.1) is 11.0 Å².